The van der Waals surface area contributed by atoms with Crippen LogP contribution >= 0.6 is 0 Å². The van der Waals surface area contributed by atoms with Gasteiger partial charge < -0.3 is 10.2 Å². The molecule has 0 saturated carbocycles. The van der Waals surface area contributed by atoms with Crippen LogP contribution in [0.3, 0.4) is 0 Å². The fourth-order valence-corrected chi connectivity index (χ4v) is 3.10. The quantitative estimate of drug-likeness (QED) is 0.698. The molecule has 0 bridgehead atoms. The molecule has 0 saturated heterocycles. The van der Waals surface area contributed by atoms with E-state index >= 15 is 0 Å². The third kappa shape index (κ3) is 3.68. The van der Waals surface area contributed by atoms with Crippen LogP contribution in [0.1, 0.15) is 11.1 Å². The first-order valence-electron chi connectivity index (χ1n) is 8.68. The zero-order valence-corrected chi connectivity index (χ0v) is 14.5. The van der Waals surface area contributed by atoms with Crippen LogP contribution in [0.5, 0.6) is 0 Å². The number of fused-ring (bicyclic) bond motifs is 1. The van der Waals surface area contributed by atoms with Gasteiger partial charge in [0.05, 0.1) is 11.4 Å². The van der Waals surface area contributed by atoms with Crippen molar-refractivity contribution in [2.24, 2.45) is 0 Å². The van der Waals surface area contributed by atoms with Gasteiger partial charge in [0.1, 0.15) is 5.82 Å². The smallest absolute Gasteiger partial charge is 0.259 e. The third-order valence-electron chi connectivity index (χ3n) is 4.42. The van der Waals surface area contributed by atoms with Gasteiger partial charge in [-0.2, -0.15) is 0 Å². The van der Waals surface area contributed by atoms with Gasteiger partial charge in [-0.15, -0.1) is 0 Å². The van der Waals surface area contributed by atoms with Crippen molar-refractivity contribution in [2.45, 2.75) is 12.6 Å². The molecule has 0 aromatic heterocycles. The van der Waals surface area contributed by atoms with Crippen LogP contribution in [0.15, 0.2) is 78.9 Å². The molecule has 0 spiro atoms. The molecule has 4 rings (SSSR count). The van der Waals surface area contributed by atoms with Crippen molar-refractivity contribution in [1.29, 1.82) is 0 Å². The van der Waals surface area contributed by atoms with E-state index in [1.165, 1.54) is 12.1 Å². The first-order valence-corrected chi connectivity index (χ1v) is 8.68. The molecule has 132 valence electrons. The van der Waals surface area contributed by atoms with Crippen molar-refractivity contribution in [2.75, 3.05) is 10.2 Å². The fraction of sp³-hybridized carbons (Fsp3) is 0.0870. The van der Waals surface area contributed by atoms with Crippen LogP contribution in [0, 0.1) is 17.7 Å². The number of halogens is 1. The zero-order chi connectivity index (χ0) is 18.6. The molecule has 0 fully saturated rings. The van der Waals surface area contributed by atoms with Crippen LogP contribution < -0.4 is 10.2 Å². The lowest BCUT2D eigenvalue weighted by Crippen LogP contribution is -2.46. The largest absolute Gasteiger partial charge is 0.344 e. The highest BCUT2D eigenvalue weighted by Gasteiger charge is 2.31. The van der Waals surface area contributed by atoms with E-state index in [0.717, 1.165) is 16.9 Å². The highest BCUT2D eigenvalue weighted by atomic mass is 19.1. The molecule has 0 radical (unpaired) electrons. The normalized spacial score (nSPS) is 15.4. The lowest BCUT2D eigenvalue weighted by atomic mass is 10.1. The summed E-state index contributed by atoms with van der Waals surface area (Å²) in [6, 6.07) is 23.0. The van der Waals surface area contributed by atoms with Gasteiger partial charge in [-0.1, -0.05) is 54.3 Å². The molecule has 3 nitrogen and oxygen atoms in total. The number of nitrogens with zero attached hydrogens (tertiary/aromatic N) is 1. The molecule has 1 N–H and O–H groups in total. The number of carbonyl (C=O) groups excluding carboxylic acids is 1. The monoisotopic (exact) mass is 356 g/mol. The van der Waals surface area contributed by atoms with E-state index in [2.05, 4.69) is 17.2 Å². The van der Waals surface area contributed by atoms with Gasteiger partial charge in [-0.25, -0.2) is 4.39 Å². The predicted octanol–water partition coefficient (Wildman–Crippen LogP) is 4.20. The summed E-state index contributed by atoms with van der Waals surface area (Å²) in [4.78, 5) is 14.7. The molecule has 3 aromatic rings. The number of anilines is 2. The van der Waals surface area contributed by atoms with E-state index in [4.69, 9.17) is 0 Å². The Kier molecular flexibility index (Phi) is 4.59. The van der Waals surface area contributed by atoms with Gasteiger partial charge in [0.15, 0.2) is 6.04 Å². The number of rotatable bonds is 2. The molecule has 4 heteroatoms. The Hall–Kier alpha value is -3.58. The highest BCUT2D eigenvalue weighted by Crippen LogP contribution is 2.32. The van der Waals surface area contributed by atoms with Crippen LogP contribution in [-0.4, -0.2) is 11.9 Å². The van der Waals surface area contributed by atoms with Gasteiger partial charge in [0.2, 0.25) is 0 Å². The summed E-state index contributed by atoms with van der Waals surface area (Å²) in [7, 11) is 0. The molecule has 0 unspecified atom stereocenters. The van der Waals surface area contributed by atoms with Crippen molar-refractivity contribution >= 4 is 17.3 Å². The number of hydrogen-bond acceptors (Lipinski definition) is 2. The van der Waals surface area contributed by atoms with Crippen molar-refractivity contribution in [3.63, 3.8) is 0 Å². The Balaban J connectivity index is 1.71. The van der Waals surface area contributed by atoms with E-state index < -0.39 is 6.04 Å². The fourth-order valence-electron chi connectivity index (χ4n) is 3.10. The topological polar surface area (TPSA) is 32.3 Å². The van der Waals surface area contributed by atoms with Gasteiger partial charge in [0, 0.05) is 12.1 Å². The van der Waals surface area contributed by atoms with Gasteiger partial charge in [-0.05, 0) is 42.0 Å². The molecular weight excluding hydrogens is 339 g/mol. The minimum absolute atomic E-state index is 0.167. The van der Waals surface area contributed by atoms with Crippen molar-refractivity contribution < 1.29 is 9.18 Å². The molecule has 0 aliphatic carbocycles. The van der Waals surface area contributed by atoms with E-state index in [9.17, 15) is 9.18 Å². The first kappa shape index (κ1) is 16.9. The SMILES string of the molecule is O=C1Nc2ccccc2N(Cc2ccccc2)[C@@H]1C#Cc1ccc(F)cc1. The summed E-state index contributed by atoms with van der Waals surface area (Å²) in [5.41, 5.74) is 3.47. The summed E-state index contributed by atoms with van der Waals surface area (Å²) in [6.07, 6.45) is 0. The highest BCUT2D eigenvalue weighted by molar-refractivity contribution is 6.05. The van der Waals surface area contributed by atoms with E-state index in [1.807, 2.05) is 59.5 Å². The second kappa shape index (κ2) is 7.35. The molecule has 27 heavy (non-hydrogen) atoms. The van der Waals surface area contributed by atoms with Crippen molar-refractivity contribution in [3.8, 4) is 11.8 Å². The Morgan fingerprint density at radius 2 is 1.63 bits per heavy atom. The summed E-state index contributed by atoms with van der Waals surface area (Å²) in [5, 5.41) is 2.93. The van der Waals surface area contributed by atoms with Crippen molar-refractivity contribution in [3.05, 3.63) is 95.8 Å². The van der Waals surface area contributed by atoms with Crippen LogP contribution in [-0.2, 0) is 11.3 Å². The van der Waals surface area contributed by atoms with Gasteiger partial charge >= 0.3 is 0 Å². The second-order valence-electron chi connectivity index (χ2n) is 6.30. The maximum absolute atomic E-state index is 13.1. The Morgan fingerprint density at radius 3 is 2.41 bits per heavy atom. The summed E-state index contributed by atoms with van der Waals surface area (Å²) in [5.74, 6) is 5.58. The minimum Gasteiger partial charge on any atom is -0.344 e. The Morgan fingerprint density at radius 1 is 0.926 bits per heavy atom. The van der Waals surface area contributed by atoms with Gasteiger partial charge in [0.25, 0.3) is 5.91 Å². The second-order valence-corrected chi connectivity index (χ2v) is 6.30. The number of benzene rings is 3. The summed E-state index contributed by atoms with van der Waals surface area (Å²) < 4.78 is 13.1. The summed E-state index contributed by atoms with van der Waals surface area (Å²) >= 11 is 0. The molecule has 1 aliphatic rings. The standard InChI is InChI=1S/C23H17FN2O/c24-19-13-10-17(11-14-19)12-15-22-23(27)25-20-8-4-5-9-21(20)26(22)16-18-6-2-1-3-7-18/h1-11,13-14,22H,16H2,(H,25,27)/t22-/m1/s1. The molecular formula is C23H17FN2O. The number of nitrogens with one attached hydrogen (secondary N) is 1. The number of amides is 1. The van der Waals surface area contributed by atoms with Crippen LogP contribution in [0.4, 0.5) is 15.8 Å². The van der Waals surface area contributed by atoms with Crippen LogP contribution in [0.2, 0.25) is 0 Å². The lowest BCUT2D eigenvalue weighted by molar-refractivity contribution is -0.116. The minimum atomic E-state index is -0.634. The molecule has 1 heterocycles. The van der Waals surface area contributed by atoms with E-state index in [1.54, 1.807) is 12.1 Å². The number of hydrogen-bond donors (Lipinski definition) is 1. The third-order valence-corrected chi connectivity index (χ3v) is 4.42. The average Bonchev–Trinajstić information content (AvgIpc) is 2.69. The maximum Gasteiger partial charge on any atom is 0.259 e. The zero-order valence-electron chi connectivity index (χ0n) is 14.5. The van der Waals surface area contributed by atoms with Crippen molar-refractivity contribution in [1.82, 2.24) is 0 Å². The summed E-state index contributed by atoms with van der Waals surface area (Å²) in [6.45, 7) is 0.564. The molecule has 1 atom stereocenters. The number of para-hydroxylation sites is 2. The first-order chi connectivity index (χ1) is 13.2. The molecule has 1 amide bonds. The molecule has 1 aliphatic heterocycles. The molecule has 3 aromatic carbocycles. The van der Waals surface area contributed by atoms with Gasteiger partial charge in [-0.3, -0.25) is 4.79 Å². The predicted molar refractivity (Wildman–Crippen MR) is 105 cm³/mol. The maximum atomic E-state index is 13.1. The Bertz CT molecular complexity index is 1020. The Labute approximate surface area is 157 Å². The van der Waals surface area contributed by atoms with E-state index in [-0.39, 0.29) is 11.7 Å². The van der Waals surface area contributed by atoms with Crippen LogP contribution in [0.25, 0.3) is 0 Å². The lowest BCUT2D eigenvalue weighted by Gasteiger charge is -2.35. The number of carbonyl (C=O) groups is 1. The van der Waals surface area contributed by atoms with E-state index in [0.29, 0.717) is 12.1 Å². The average molecular weight is 356 g/mol.